The number of carbonyl (C=O) groups is 1. The quantitative estimate of drug-likeness (QED) is 0.800. The van der Waals surface area contributed by atoms with Gasteiger partial charge in [0.05, 0.1) is 5.56 Å². The summed E-state index contributed by atoms with van der Waals surface area (Å²) in [5.74, 6) is 0.141. The molecule has 2 aromatic rings. The van der Waals surface area contributed by atoms with Crippen LogP contribution in [0.3, 0.4) is 0 Å². The van der Waals surface area contributed by atoms with Gasteiger partial charge in [0.15, 0.2) is 0 Å². The molecule has 5 heteroatoms. The Morgan fingerprint density at radius 1 is 1.15 bits per heavy atom. The Morgan fingerprint density at radius 2 is 1.85 bits per heavy atom. The summed E-state index contributed by atoms with van der Waals surface area (Å²) in [5, 5.41) is 1.02. The average Bonchev–Trinajstić information content (AvgIpc) is 2.75. The number of halogens is 1. The molecule has 0 aliphatic carbocycles. The van der Waals surface area contributed by atoms with Crippen molar-refractivity contribution >= 4 is 32.7 Å². The third-order valence-corrected chi connectivity index (χ3v) is 4.47. The van der Waals surface area contributed by atoms with E-state index in [9.17, 15) is 4.79 Å². The van der Waals surface area contributed by atoms with Crippen LogP contribution in [0.4, 0.5) is 0 Å². The van der Waals surface area contributed by atoms with E-state index in [0.717, 1.165) is 47.1 Å². The molecule has 20 heavy (non-hydrogen) atoms. The molecule has 1 aromatic carbocycles. The molecule has 1 aromatic heterocycles. The van der Waals surface area contributed by atoms with Crippen LogP contribution in [0.25, 0.3) is 10.9 Å². The Kier molecular flexibility index (Phi) is 3.56. The van der Waals surface area contributed by atoms with Gasteiger partial charge < -0.3 is 14.4 Å². The molecule has 0 saturated carbocycles. The molecule has 4 nitrogen and oxygen atoms in total. The number of carbonyl (C=O) groups excluding carboxylic acids is 1. The fourth-order valence-corrected chi connectivity index (χ4v) is 3.08. The van der Waals surface area contributed by atoms with E-state index in [1.165, 1.54) is 0 Å². The predicted molar refractivity (Wildman–Crippen MR) is 84.0 cm³/mol. The van der Waals surface area contributed by atoms with E-state index in [0.29, 0.717) is 0 Å². The number of aromatic nitrogens is 1. The van der Waals surface area contributed by atoms with Crippen molar-refractivity contribution in [3.63, 3.8) is 0 Å². The summed E-state index contributed by atoms with van der Waals surface area (Å²) in [5.41, 5.74) is 1.89. The molecule has 1 aliphatic rings. The van der Waals surface area contributed by atoms with Gasteiger partial charge in [-0.05, 0) is 25.2 Å². The summed E-state index contributed by atoms with van der Waals surface area (Å²) in [6.45, 7) is 3.50. The first-order valence-electron chi connectivity index (χ1n) is 6.78. The lowest BCUT2D eigenvalue weighted by Crippen LogP contribution is -2.47. The predicted octanol–water partition coefficient (Wildman–Crippen LogP) is 2.33. The molecule has 1 fully saturated rings. The normalized spacial score (nSPS) is 16.9. The lowest BCUT2D eigenvalue weighted by Gasteiger charge is -2.32. The number of benzene rings is 1. The van der Waals surface area contributed by atoms with Gasteiger partial charge in [0, 0.05) is 54.8 Å². The van der Waals surface area contributed by atoms with Crippen LogP contribution in [0, 0.1) is 0 Å². The van der Waals surface area contributed by atoms with Crippen molar-refractivity contribution in [3.05, 3.63) is 34.4 Å². The van der Waals surface area contributed by atoms with Crippen molar-refractivity contribution in [2.45, 2.75) is 0 Å². The summed E-state index contributed by atoms with van der Waals surface area (Å²) in [7, 11) is 4.08. The van der Waals surface area contributed by atoms with E-state index in [2.05, 4.69) is 27.9 Å². The number of nitrogens with zero attached hydrogens (tertiary/aromatic N) is 3. The van der Waals surface area contributed by atoms with Crippen molar-refractivity contribution < 1.29 is 4.79 Å². The maximum Gasteiger partial charge on any atom is 0.256 e. The standard InChI is InChI=1S/C15H18BrN3O/c1-17-5-7-19(8-6-17)15(20)13-10-18(2)14-4-3-11(16)9-12(13)14/h3-4,9-10H,5-8H2,1-2H3. The Bertz CT molecular complexity index is 656. The molecule has 1 amide bonds. The van der Waals surface area contributed by atoms with Crippen LogP contribution in [0.15, 0.2) is 28.9 Å². The molecular weight excluding hydrogens is 318 g/mol. The zero-order chi connectivity index (χ0) is 14.3. The molecular formula is C15H18BrN3O. The second-order valence-corrected chi connectivity index (χ2v) is 6.33. The number of rotatable bonds is 1. The Morgan fingerprint density at radius 3 is 2.55 bits per heavy atom. The number of aryl methyl sites for hydroxylation is 1. The van der Waals surface area contributed by atoms with Crippen LogP contribution >= 0.6 is 15.9 Å². The summed E-state index contributed by atoms with van der Waals surface area (Å²) >= 11 is 3.49. The number of hydrogen-bond donors (Lipinski definition) is 0. The van der Waals surface area contributed by atoms with Crippen LogP contribution in [0.5, 0.6) is 0 Å². The third kappa shape index (κ3) is 2.36. The maximum atomic E-state index is 12.7. The van der Waals surface area contributed by atoms with E-state index in [-0.39, 0.29) is 5.91 Å². The molecule has 106 valence electrons. The maximum absolute atomic E-state index is 12.7. The average molecular weight is 336 g/mol. The van der Waals surface area contributed by atoms with Gasteiger partial charge >= 0.3 is 0 Å². The van der Waals surface area contributed by atoms with Crippen LogP contribution in [-0.2, 0) is 7.05 Å². The van der Waals surface area contributed by atoms with Crippen LogP contribution in [0.1, 0.15) is 10.4 Å². The highest BCUT2D eigenvalue weighted by atomic mass is 79.9. The zero-order valence-corrected chi connectivity index (χ0v) is 13.4. The van der Waals surface area contributed by atoms with Crippen molar-refractivity contribution in [3.8, 4) is 0 Å². The Balaban J connectivity index is 1.97. The fourth-order valence-electron chi connectivity index (χ4n) is 2.71. The van der Waals surface area contributed by atoms with Crippen LogP contribution in [0.2, 0.25) is 0 Å². The second kappa shape index (κ2) is 5.22. The van der Waals surface area contributed by atoms with Crippen molar-refractivity contribution in [2.75, 3.05) is 33.2 Å². The van der Waals surface area contributed by atoms with Gasteiger partial charge in [0.1, 0.15) is 0 Å². The summed E-state index contributed by atoms with van der Waals surface area (Å²) in [6, 6.07) is 6.07. The van der Waals surface area contributed by atoms with Gasteiger partial charge in [-0.2, -0.15) is 0 Å². The van der Waals surface area contributed by atoms with Gasteiger partial charge in [-0.25, -0.2) is 0 Å². The molecule has 0 spiro atoms. The van der Waals surface area contributed by atoms with E-state index >= 15 is 0 Å². The molecule has 0 atom stereocenters. The lowest BCUT2D eigenvalue weighted by molar-refractivity contribution is 0.0666. The monoisotopic (exact) mass is 335 g/mol. The van der Waals surface area contributed by atoms with Gasteiger partial charge in [0.25, 0.3) is 5.91 Å². The first kappa shape index (κ1) is 13.6. The molecule has 1 aliphatic heterocycles. The van der Waals surface area contributed by atoms with Crippen molar-refractivity contribution in [1.29, 1.82) is 0 Å². The molecule has 2 heterocycles. The number of piperazine rings is 1. The highest BCUT2D eigenvalue weighted by Gasteiger charge is 2.23. The highest BCUT2D eigenvalue weighted by molar-refractivity contribution is 9.10. The van der Waals surface area contributed by atoms with E-state index in [1.807, 2.05) is 40.9 Å². The molecule has 3 rings (SSSR count). The minimum absolute atomic E-state index is 0.141. The SMILES string of the molecule is CN1CCN(C(=O)c2cn(C)c3ccc(Br)cc23)CC1. The Labute approximate surface area is 127 Å². The molecule has 1 saturated heterocycles. The second-order valence-electron chi connectivity index (χ2n) is 5.41. The minimum Gasteiger partial charge on any atom is -0.350 e. The topological polar surface area (TPSA) is 28.5 Å². The van der Waals surface area contributed by atoms with Gasteiger partial charge in [-0.15, -0.1) is 0 Å². The lowest BCUT2D eigenvalue weighted by atomic mass is 10.1. The van der Waals surface area contributed by atoms with E-state index in [1.54, 1.807) is 0 Å². The van der Waals surface area contributed by atoms with Crippen LogP contribution in [-0.4, -0.2) is 53.5 Å². The van der Waals surface area contributed by atoms with E-state index in [4.69, 9.17) is 0 Å². The number of likely N-dealkylation sites (N-methyl/N-ethyl adjacent to an activating group) is 1. The molecule has 0 unspecified atom stereocenters. The van der Waals surface area contributed by atoms with Crippen molar-refractivity contribution in [1.82, 2.24) is 14.4 Å². The van der Waals surface area contributed by atoms with Gasteiger partial charge in [-0.1, -0.05) is 15.9 Å². The molecule has 0 bridgehead atoms. The first-order valence-corrected chi connectivity index (χ1v) is 7.58. The van der Waals surface area contributed by atoms with Crippen molar-refractivity contribution in [2.24, 2.45) is 7.05 Å². The van der Waals surface area contributed by atoms with E-state index < -0.39 is 0 Å². The first-order chi connectivity index (χ1) is 9.56. The smallest absolute Gasteiger partial charge is 0.256 e. The third-order valence-electron chi connectivity index (χ3n) is 3.97. The minimum atomic E-state index is 0.141. The highest BCUT2D eigenvalue weighted by Crippen LogP contribution is 2.25. The fraction of sp³-hybridized carbons (Fsp3) is 0.400. The Hall–Kier alpha value is -1.33. The largest absolute Gasteiger partial charge is 0.350 e. The molecule has 0 radical (unpaired) electrons. The number of hydrogen-bond acceptors (Lipinski definition) is 2. The summed E-state index contributed by atoms with van der Waals surface area (Å²) < 4.78 is 3.02. The summed E-state index contributed by atoms with van der Waals surface area (Å²) in [4.78, 5) is 16.9. The van der Waals surface area contributed by atoms with Gasteiger partial charge in [0.2, 0.25) is 0 Å². The summed E-state index contributed by atoms with van der Waals surface area (Å²) in [6.07, 6.45) is 1.94. The van der Waals surface area contributed by atoms with Gasteiger partial charge in [-0.3, -0.25) is 4.79 Å². The number of amides is 1. The molecule has 0 N–H and O–H groups in total. The number of fused-ring (bicyclic) bond motifs is 1. The zero-order valence-electron chi connectivity index (χ0n) is 11.8. The van der Waals surface area contributed by atoms with Crippen LogP contribution < -0.4 is 0 Å².